The molecule has 1 aliphatic carbocycles. The lowest BCUT2D eigenvalue weighted by atomic mass is 9.90. The van der Waals surface area contributed by atoms with E-state index in [4.69, 9.17) is 0 Å². The van der Waals surface area contributed by atoms with Crippen LogP contribution in [0.2, 0.25) is 0 Å². The van der Waals surface area contributed by atoms with Crippen molar-refractivity contribution in [3.8, 4) is 0 Å². The average molecular weight is 477 g/mol. The Morgan fingerprint density at radius 3 is 2.48 bits per heavy atom. The Kier molecular flexibility index (Phi) is 10.5. The predicted molar refractivity (Wildman–Crippen MR) is 113 cm³/mol. The van der Waals surface area contributed by atoms with Gasteiger partial charge in [0.05, 0.1) is 5.75 Å². The first-order valence-electron chi connectivity index (χ1n) is 7.83. The van der Waals surface area contributed by atoms with Crippen LogP contribution in [0.1, 0.15) is 39.5 Å². The summed E-state index contributed by atoms with van der Waals surface area (Å²) in [5.74, 6) is 1.05. The highest BCUT2D eigenvalue weighted by Gasteiger charge is 2.25. The Morgan fingerprint density at radius 2 is 2.00 bits per heavy atom. The molecule has 1 rings (SSSR count). The molecule has 0 saturated heterocycles. The zero-order valence-electron chi connectivity index (χ0n) is 14.9. The molecule has 5 nitrogen and oxygen atoms in total. The van der Waals surface area contributed by atoms with Crippen LogP contribution in [0.15, 0.2) is 4.99 Å². The number of nitrogens with one attached hydrogen (secondary N) is 2. The van der Waals surface area contributed by atoms with E-state index >= 15 is 0 Å². The van der Waals surface area contributed by atoms with Gasteiger partial charge >= 0.3 is 0 Å². The fourth-order valence-corrected chi connectivity index (χ4v) is 4.27. The third-order valence-corrected chi connectivity index (χ3v) is 6.21. The Balaban J connectivity index is 0.00000484. The molecule has 1 aliphatic rings. The van der Waals surface area contributed by atoms with Gasteiger partial charge < -0.3 is 10.6 Å². The Labute approximate surface area is 163 Å². The second-order valence-corrected chi connectivity index (χ2v) is 10.4. The van der Waals surface area contributed by atoms with Gasteiger partial charge in [-0.25, -0.2) is 8.42 Å². The molecule has 0 aromatic heterocycles. The number of halogens is 1. The lowest BCUT2D eigenvalue weighted by Crippen LogP contribution is -2.45. The van der Waals surface area contributed by atoms with Gasteiger partial charge in [-0.1, -0.05) is 13.8 Å². The normalized spacial score (nSPS) is 22.6. The second-order valence-electron chi connectivity index (χ2n) is 6.98. The van der Waals surface area contributed by atoms with Crippen molar-refractivity contribution in [2.24, 2.45) is 10.4 Å². The summed E-state index contributed by atoms with van der Waals surface area (Å²) in [6.07, 6.45) is 7.73. The SMILES string of the molecule is CN=C(NCC(C)(C)CCS(C)(=O)=O)NC1CCC(SC)C1.I. The maximum absolute atomic E-state index is 11.3. The van der Waals surface area contributed by atoms with E-state index in [2.05, 4.69) is 35.7 Å². The summed E-state index contributed by atoms with van der Waals surface area (Å²) in [6, 6.07) is 0.489. The van der Waals surface area contributed by atoms with Gasteiger partial charge in [0, 0.05) is 31.1 Å². The number of rotatable bonds is 7. The third kappa shape index (κ3) is 10.0. The summed E-state index contributed by atoms with van der Waals surface area (Å²) in [6.45, 7) is 4.87. The Bertz CT molecular complexity index is 481. The first-order valence-corrected chi connectivity index (χ1v) is 11.2. The number of nitrogens with zero attached hydrogens (tertiary/aromatic N) is 1. The molecule has 2 atom stereocenters. The van der Waals surface area contributed by atoms with Crippen molar-refractivity contribution in [3.05, 3.63) is 0 Å². The quantitative estimate of drug-likeness (QED) is 0.335. The van der Waals surface area contributed by atoms with E-state index in [1.807, 2.05) is 11.8 Å². The summed E-state index contributed by atoms with van der Waals surface area (Å²) >= 11 is 1.94. The Hall–Kier alpha value is 0.300. The van der Waals surface area contributed by atoms with Crippen LogP contribution in [-0.4, -0.2) is 57.5 Å². The van der Waals surface area contributed by atoms with E-state index in [9.17, 15) is 8.42 Å². The summed E-state index contributed by atoms with van der Waals surface area (Å²) in [4.78, 5) is 4.28. The minimum atomic E-state index is -2.91. The molecule has 2 unspecified atom stereocenters. The van der Waals surface area contributed by atoms with E-state index in [1.165, 1.54) is 25.5 Å². The topological polar surface area (TPSA) is 70.6 Å². The van der Waals surface area contributed by atoms with Crippen LogP contribution in [0.5, 0.6) is 0 Å². The molecule has 2 N–H and O–H groups in total. The number of hydrogen-bond donors (Lipinski definition) is 2. The predicted octanol–water partition coefficient (Wildman–Crippen LogP) is 2.51. The van der Waals surface area contributed by atoms with Crippen molar-refractivity contribution in [1.29, 1.82) is 0 Å². The van der Waals surface area contributed by atoms with Crippen molar-refractivity contribution >= 4 is 51.5 Å². The molecule has 0 bridgehead atoms. The number of guanidine groups is 1. The van der Waals surface area contributed by atoms with Gasteiger partial charge in [0.25, 0.3) is 0 Å². The minimum Gasteiger partial charge on any atom is -0.356 e. The van der Waals surface area contributed by atoms with E-state index in [-0.39, 0.29) is 35.1 Å². The molecular weight excluding hydrogens is 445 g/mol. The molecule has 0 spiro atoms. The van der Waals surface area contributed by atoms with Crippen LogP contribution in [0.4, 0.5) is 0 Å². The summed E-state index contributed by atoms with van der Waals surface area (Å²) in [7, 11) is -1.13. The van der Waals surface area contributed by atoms with Crippen LogP contribution in [0, 0.1) is 5.41 Å². The van der Waals surface area contributed by atoms with E-state index in [1.54, 1.807) is 7.05 Å². The van der Waals surface area contributed by atoms with Crippen molar-refractivity contribution in [3.63, 3.8) is 0 Å². The van der Waals surface area contributed by atoms with Crippen molar-refractivity contribution in [2.75, 3.05) is 31.9 Å². The molecular formula is C15H32IN3O2S2. The van der Waals surface area contributed by atoms with Crippen molar-refractivity contribution < 1.29 is 8.42 Å². The third-order valence-electron chi connectivity index (χ3n) is 4.17. The highest BCUT2D eigenvalue weighted by Crippen LogP contribution is 2.28. The lowest BCUT2D eigenvalue weighted by Gasteiger charge is -2.26. The second kappa shape index (κ2) is 10.3. The zero-order chi connectivity index (χ0) is 16.8. The van der Waals surface area contributed by atoms with Gasteiger partial charge in [-0.15, -0.1) is 24.0 Å². The first kappa shape index (κ1) is 23.3. The largest absolute Gasteiger partial charge is 0.356 e. The van der Waals surface area contributed by atoms with E-state index < -0.39 is 9.84 Å². The standard InChI is InChI=1S/C15H31N3O2S2.HI/c1-15(2,8-9-22(5,19)20)11-17-14(16-3)18-12-6-7-13(10-12)21-4;/h12-13H,6-11H2,1-5H3,(H2,16,17,18);1H. The monoisotopic (exact) mass is 477 g/mol. The minimum absolute atomic E-state index is 0. The maximum atomic E-state index is 11.3. The molecule has 0 amide bonds. The van der Waals surface area contributed by atoms with E-state index in [0.29, 0.717) is 19.0 Å². The van der Waals surface area contributed by atoms with Gasteiger partial charge in [-0.05, 0) is 37.4 Å². The molecule has 138 valence electrons. The van der Waals surface area contributed by atoms with Crippen molar-refractivity contribution in [2.45, 2.75) is 50.8 Å². The number of aliphatic imine (C=N–C) groups is 1. The number of hydrogen-bond acceptors (Lipinski definition) is 4. The fourth-order valence-electron chi connectivity index (χ4n) is 2.55. The molecule has 0 aromatic carbocycles. The highest BCUT2D eigenvalue weighted by atomic mass is 127. The molecule has 0 aromatic rings. The number of sulfone groups is 1. The van der Waals surface area contributed by atoms with Gasteiger partial charge in [0.1, 0.15) is 9.84 Å². The van der Waals surface area contributed by atoms with Crippen LogP contribution in [0.25, 0.3) is 0 Å². The summed E-state index contributed by atoms with van der Waals surface area (Å²) in [5, 5.41) is 7.58. The van der Waals surface area contributed by atoms with Gasteiger partial charge in [-0.2, -0.15) is 11.8 Å². The molecule has 0 aliphatic heterocycles. The highest BCUT2D eigenvalue weighted by molar-refractivity contribution is 14.0. The number of thioether (sulfide) groups is 1. The molecule has 8 heteroatoms. The molecule has 1 fully saturated rings. The lowest BCUT2D eigenvalue weighted by molar-refractivity contribution is 0.348. The molecule has 23 heavy (non-hydrogen) atoms. The first-order chi connectivity index (χ1) is 10.1. The molecule has 0 radical (unpaired) electrons. The smallest absolute Gasteiger partial charge is 0.191 e. The van der Waals surface area contributed by atoms with Gasteiger partial charge in [-0.3, -0.25) is 4.99 Å². The van der Waals surface area contributed by atoms with Crippen LogP contribution >= 0.6 is 35.7 Å². The van der Waals surface area contributed by atoms with Crippen molar-refractivity contribution in [1.82, 2.24) is 10.6 Å². The zero-order valence-corrected chi connectivity index (χ0v) is 18.8. The van der Waals surface area contributed by atoms with Crippen LogP contribution < -0.4 is 10.6 Å². The van der Waals surface area contributed by atoms with Gasteiger partial charge in [0.15, 0.2) is 5.96 Å². The molecule has 1 saturated carbocycles. The van der Waals surface area contributed by atoms with Crippen LogP contribution in [-0.2, 0) is 9.84 Å². The average Bonchev–Trinajstić information content (AvgIpc) is 2.88. The summed E-state index contributed by atoms with van der Waals surface area (Å²) in [5.41, 5.74) is -0.0851. The van der Waals surface area contributed by atoms with E-state index in [0.717, 1.165) is 11.2 Å². The molecule has 0 heterocycles. The van der Waals surface area contributed by atoms with Crippen LogP contribution in [0.3, 0.4) is 0 Å². The fraction of sp³-hybridized carbons (Fsp3) is 0.933. The van der Waals surface area contributed by atoms with Gasteiger partial charge in [0.2, 0.25) is 0 Å². The maximum Gasteiger partial charge on any atom is 0.191 e. The summed E-state index contributed by atoms with van der Waals surface area (Å²) < 4.78 is 22.6. The Morgan fingerprint density at radius 1 is 1.35 bits per heavy atom.